The molecule has 0 aromatic carbocycles. The maximum Gasteiger partial charge on any atom is 0.404 e. The van der Waals surface area contributed by atoms with Crippen LogP contribution < -0.4 is 11.5 Å². The predicted octanol–water partition coefficient (Wildman–Crippen LogP) is -0.0460. The first-order valence-corrected chi connectivity index (χ1v) is 3.35. The van der Waals surface area contributed by atoms with Crippen molar-refractivity contribution in [1.29, 1.82) is 0 Å². The van der Waals surface area contributed by atoms with Gasteiger partial charge in [-0.1, -0.05) is 0 Å². The molecule has 0 fully saturated rings. The molecule has 70 valence electrons. The second-order valence-corrected chi connectivity index (χ2v) is 2.28. The van der Waals surface area contributed by atoms with Crippen molar-refractivity contribution in [2.45, 2.75) is 26.1 Å². The van der Waals surface area contributed by atoms with E-state index in [1.54, 1.807) is 13.8 Å². The van der Waals surface area contributed by atoms with Gasteiger partial charge < -0.3 is 20.9 Å². The highest BCUT2D eigenvalue weighted by atomic mass is 16.6. The molecule has 0 aliphatic heterocycles. The lowest BCUT2D eigenvalue weighted by molar-refractivity contribution is 0.0145. The number of rotatable bonds is 3. The van der Waals surface area contributed by atoms with Crippen molar-refractivity contribution in [2.75, 3.05) is 0 Å². The maximum absolute atomic E-state index is 10.2. The molecule has 2 atom stereocenters. The molecule has 0 aliphatic rings. The second-order valence-electron chi connectivity index (χ2n) is 2.28. The Morgan fingerprint density at radius 1 is 1.00 bits per heavy atom. The van der Waals surface area contributed by atoms with Crippen molar-refractivity contribution in [1.82, 2.24) is 0 Å². The van der Waals surface area contributed by atoms with E-state index in [1.165, 1.54) is 0 Å². The van der Waals surface area contributed by atoms with Crippen molar-refractivity contribution in [3.05, 3.63) is 0 Å². The van der Waals surface area contributed by atoms with E-state index >= 15 is 0 Å². The summed E-state index contributed by atoms with van der Waals surface area (Å²) in [7, 11) is 0. The highest BCUT2D eigenvalue weighted by Gasteiger charge is 2.17. The van der Waals surface area contributed by atoms with Gasteiger partial charge in [-0.25, -0.2) is 9.59 Å². The summed E-state index contributed by atoms with van der Waals surface area (Å²) in [6.45, 7) is 3.08. The van der Waals surface area contributed by atoms with E-state index in [1.807, 2.05) is 0 Å². The van der Waals surface area contributed by atoms with Gasteiger partial charge in [-0.2, -0.15) is 0 Å². The molecule has 2 amide bonds. The zero-order valence-corrected chi connectivity index (χ0v) is 6.94. The van der Waals surface area contributed by atoms with E-state index in [0.717, 1.165) is 0 Å². The molecule has 0 rings (SSSR count). The molecule has 4 N–H and O–H groups in total. The third-order valence-electron chi connectivity index (χ3n) is 1.27. The van der Waals surface area contributed by atoms with Crippen molar-refractivity contribution in [3.63, 3.8) is 0 Å². The molecular formula is C6H12N2O4. The molecule has 0 aliphatic carbocycles. The van der Waals surface area contributed by atoms with Crippen molar-refractivity contribution in [2.24, 2.45) is 11.5 Å². The molecule has 0 aromatic heterocycles. The van der Waals surface area contributed by atoms with Crippen LogP contribution in [0, 0.1) is 0 Å². The average Bonchev–Trinajstić information content (AvgIpc) is 1.84. The molecule has 0 saturated heterocycles. The van der Waals surface area contributed by atoms with Crippen LogP contribution in [0.15, 0.2) is 0 Å². The van der Waals surface area contributed by atoms with E-state index in [-0.39, 0.29) is 0 Å². The van der Waals surface area contributed by atoms with Gasteiger partial charge in [0.05, 0.1) is 0 Å². The van der Waals surface area contributed by atoms with Crippen molar-refractivity contribution >= 4 is 12.2 Å². The summed E-state index contributed by atoms with van der Waals surface area (Å²) < 4.78 is 9.04. The van der Waals surface area contributed by atoms with E-state index in [4.69, 9.17) is 11.5 Å². The third-order valence-corrected chi connectivity index (χ3v) is 1.27. The summed E-state index contributed by atoms with van der Waals surface area (Å²) in [6.07, 6.45) is -3.03. The first-order chi connectivity index (χ1) is 5.43. The Bertz CT molecular complexity index is 162. The number of hydrogen-bond acceptors (Lipinski definition) is 4. The Balaban J connectivity index is 3.83. The van der Waals surface area contributed by atoms with Gasteiger partial charge in [-0.15, -0.1) is 0 Å². The second kappa shape index (κ2) is 4.42. The van der Waals surface area contributed by atoms with E-state index in [9.17, 15) is 9.59 Å². The number of primary amides is 2. The number of carbonyl (C=O) groups is 2. The first-order valence-electron chi connectivity index (χ1n) is 3.35. The summed E-state index contributed by atoms with van der Waals surface area (Å²) in [5.41, 5.74) is 9.46. The Kier molecular flexibility index (Phi) is 3.89. The molecule has 6 nitrogen and oxygen atoms in total. The van der Waals surface area contributed by atoms with Crippen LogP contribution in [0.5, 0.6) is 0 Å². The summed E-state index contributed by atoms with van der Waals surface area (Å²) in [4.78, 5) is 20.5. The standard InChI is InChI=1S/C6H12N2O4/c1-3(11-5(7)9)4(2)12-6(8)10/h3-4H,1-2H3,(H2,7,9)(H2,8,10). The van der Waals surface area contributed by atoms with E-state index in [0.29, 0.717) is 0 Å². The lowest BCUT2D eigenvalue weighted by atomic mass is 10.2. The van der Waals surface area contributed by atoms with Gasteiger partial charge in [0, 0.05) is 0 Å². The monoisotopic (exact) mass is 176 g/mol. The van der Waals surface area contributed by atoms with Crippen LogP contribution in [0.25, 0.3) is 0 Å². The fourth-order valence-corrected chi connectivity index (χ4v) is 0.558. The highest BCUT2D eigenvalue weighted by molar-refractivity contribution is 5.65. The minimum Gasteiger partial charge on any atom is -0.443 e. The molecule has 12 heavy (non-hydrogen) atoms. The van der Waals surface area contributed by atoms with Gasteiger partial charge in [0.2, 0.25) is 0 Å². The number of nitrogens with two attached hydrogens (primary N) is 2. The molecular weight excluding hydrogens is 164 g/mol. The maximum atomic E-state index is 10.2. The molecule has 2 unspecified atom stereocenters. The molecule has 0 aromatic rings. The Labute approximate surface area is 69.8 Å². The molecule has 6 heteroatoms. The molecule has 0 radical (unpaired) electrons. The van der Waals surface area contributed by atoms with Crippen molar-refractivity contribution in [3.8, 4) is 0 Å². The SMILES string of the molecule is CC(OC(N)=O)C(C)OC(N)=O. The van der Waals surface area contributed by atoms with Gasteiger partial charge >= 0.3 is 12.2 Å². The van der Waals surface area contributed by atoms with Gasteiger partial charge in [-0.05, 0) is 13.8 Å². The number of hydrogen-bond donors (Lipinski definition) is 2. The Morgan fingerprint density at radius 3 is 1.42 bits per heavy atom. The van der Waals surface area contributed by atoms with Crippen LogP contribution in [0.4, 0.5) is 9.59 Å². The zero-order valence-electron chi connectivity index (χ0n) is 6.94. The van der Waals surface area contributed by atoms with Crippen LogP contribution in [0.1, 0.15) is 13.8 Å². The van der Waals surface area contributed by atoms with E-state index < -0.39 is 24.4 Å². The van der Waals surface area contributed by atoms with Crippen LogP contribution >= 0.6 is 0 Å². The fourth-order valence-electron chi connectivity index (χ4n) is 0.558. The van der Waals surface area contributed by atoms with E-state index in [2.05, 4.69) is 9.47 Å². The van der Waals surface area contributed by atoms with Gasteiger partial charge in [-0.3, -0.25) is 0 Å². The smallest absolute Gasteiger partial charge is 0.404 e. The average molecular weight is 176 g/mol. The largest absolute Gasteiger partial charge is 0.443 e. The van der Waals surface area contributed by atoms with Gasteiger partial charge in [0.1, 0.15) is 12.2 Å². The lowest BCUT2D eigenvalue weighted by Gasteiger charge is -2.18. The van der Waals surface area contributed by atoms with Gasteiger partial charge in [0.25, 0.3) is 0 Å². The van der Waals surface area contributed by atoms with Crippen LogP contribution in [0.3, 0.4) is 0 Å². The fraction of sp³-hybridized carbons (Fsp3) is 0.667. The Hall–Kier alpha value is -1.46. The van der Waals surface area contributed by atoms with Crippen LogP contribution in [-0.4, -0.2) is 24.4 Å². The summed E-state index contributed by atoms with van der Waals surface area (Å²) in [5, 5.41) is 0. The molecule has 0 heterocycles. The Morgan fingerprint density at radius 2 is 1.25 bits per heavy atom. The molecule has 0 spiro atoms. The lowest BCUT2D eigenvalue weighted by Crippen LogP contribution is -2.33. The number of amides is 2. The molecule has 0 bridgehead atoms. The summed E-state index contributed by atoms with van der Waals surface area (Å²) in [5.74, 6) is 0. The summed E-state index contributed by atoms with van der Waals surface area (Å²) >= 11 is 0. The predicted molar refractivity (Wildman–Crippen MR) is 40.3 cm³/mol. The van der Waals surface area contributed by atoms with Crippen molar-refractivity contribution < 1.29 is 19.1 Å². The summed E-state index contributed by atoms with van der Waals surface area (Å²) in [6, 6.07) is 0. The quantitative estimate of drug-likeness (QED) is 0.629. The number of ether oxygens (including phenoxy) is 2. The highest BCUT2D eigenvalue weighted by Crippen LogP contribution is 2.02. The topological polar surface area (TPSA) is 105 Å². The van der Waals surface area contributed by atoms with Crippen LogP contribution in [0.2, 0.25) is 0 Å². The van der Waals surface area contributed by atoms with Gasteiger partial charge in [0.15, 0.2) is 0 Å². The normalized spacial score (nSPS) is 14.5. The zero-order chi connectivity index (χ0) is 9.72. The minimum atomic E-state index is -0.914. The molecule has 0 saturated carbocycles. The third kappa shape index (κ3) is 4.37. The number of carbonyl (C=O) groups excluding carboxylic acids is 2. The van der Waals surface area contributed by atoms with Crippen LogP contribution in [-0.2, 0) is 9.47 Å². The minimum absolute atomic E-state index is 0.602. The first kappa shape index (κ1) is 10.5.